The molecule has 5 aliphatic carbocycles. The molecule has 6 fully saturated rings. The number of aliphatic hydroxyl groups excluding tert-OH is 1. The maximum Gasteiger partial charge on any atom is 0.223 e. The molecule has 1 heterocycles. The molecule has 0 atom stereocenters. The molecule has 0 aromatic carbocycles. The first kappa shape index (κ1) is 18.3. The molecule has 0 radical (unpaired) electrons. The first-order valence-corrected chi connectivity index (χ1v) is 10.8. The highest BCUT2D eigenvalue weighted by Crippen LogP contribution is 2.63. The summed E-state index contributed by atoms with van der Waals surface area (Å²) in [4.78, 5) is 24.5. The van der Waals surface area contributed by atoms with E-state index in [9.17, 15) is 9.90 Å². The van der Waals surface area contributed by atoms with Gasteiger partial charge < -0.3 is 15.2 Å². The number of carbonyl (C=O) groups excluding carboxylic acids is 1. The van der Waals surface area contributed by atoms with E-state index in [4.69, 9.17) is 14.5 Å². The van der Waals surface area contributed by atoms with E-state index < -0.39 is 17.1 Å². The summed E-state index contributed by atoms with van der Waals surface area (Å²) in [6.07, 6.45) is 9.11. The molecule has 0 aromatic heterocycles. The summed E-state index contributed by atoms with van der Waals surface area (Å²) in [7, 11) is 0. The van der Waals surface area contributed by atoms with E-state index in [-0.39, 0.29) is 18.4 Å². The monoisotopic (exact) mass is 379 g/mol. The minimum Gasteiger partial charge on any atom is -0.394 e. The fraction of sp³-hybridized carbons (Fsp3) is 0.952. The van der Waals surface area contributed by atoms with Crippen molar-refractivity contribution in [2.24, 2.45) is 29.6 Å². The van der Waals surface area contributed by atoms with Crippen LogP contribution in [0.3, 0.4) is 0 Å². The summed E-state index contributed by atoms with van der Waals surface area (Å²) in [5.41, 5.74) is -0.583. The standard InChI is InChI=1S/C21H33NO5/c1-19(2,12-23)22-18(24)15-3-5-20(6-4-15)25-21(27-26-20)16-8-13-7-14(10-16)11-17(21)9-13/h13-17,23H,3-12H2,1-2H3,(H,22,24). The Hall–Kier alpha value is -0.690. The first-order valence-electron chi connectivity index (χ1n) is 10.8. The summed E-state index contributed by atoms with van der Waals surface area (Å²) in [5.74, 6) is 1.43. The Morgan fingerprint density at radius 2 is 1.63 bits per heavy atom. The summed E-state index contributed by atoms with van der Waals surface area (Å²) >= 11 is 0. The van der Waals surface area contributed by atoms with Crippen LogP contribution in [-0.2, 0) is 19.3 Å². The van der Waals surface area contributed by atoms with Crippen LogP contribution in [-0.4, -0.2) is 34.7 Å². The van der Waals surface area contributed by atoms with Crippen molar-refractivity contribution in [2.75, 3.05) is 6.61 Å². The highest BCUT2D eigenvalue weighted by molar-refractivity contribution is 5.79. The molecule has 0 unspecified atom stereocenters. The molecule has 6 rings (SSSR count). The molecule has 5 saturated carbocycles. The highest BCUT2D eigenvalue weighted by atomic mass is 17.3. The van der Waals surface area contributed by atoms with Crippen LogP contribution in [0.4, 0.5) is 0 Å². The number of rotatable bonds is 3. The Kier molecular flexibility index (Phi) is 4.18. The number of carbonyl (C=O) groups is 1. The lowest BCUT2D eigenvalue weighted by molar-refractivity contribution is -0.390. The van der Waals surface area contributed by atoms with Crippen LogP contribution in [0.1, 0.15) is 71.6 Å². The Morgan fingerprint density at radius 1 is 1.04 bits per heavy atom. The molecule has 1 saturated heterocycles. The quantitative estimate of drug-likeness (QED) is 0.738. The van der Waals surface area contributed by atoms with Crippen LogP contribution < -0.4 is 5.32 Å². The van der Waals surface area contributed by atoms with Gasteiger partial charge in [0, 0.05) is 30.6 Å². The van der Waals surface area contributed by atoms with Gasteiger partial charge in [-0.15, -0.1) is 0 Å². The number of hydrogen-bond acceptors (Lipinski definition) is 5. The van der Waals surface area contributed by atoms with Gasteiger partial charge in [-0.25, -0.2) is 0 Å². The van der Waals surface area contributed by atoms with Gasteiger partial charge in [0.15, 0.2) is 0 Å². The van der Waals surface area contributed by atoms with Gasteiger partial charge in [0.05, 0.1) is 12.1 Å². The molecule has 27 heavy (non-hydrogen) atoms. The number of aliphatic hydroxyl groups is 1. The third-order valence-electron chi connectivity index (χ3n) is 7.92. The van der Waals surface area contributed by atoms with E-state index in [0.29, 0.717) is 24.7 Å². The first-order chi connectivity index (χ1) is 12.8. The largest absolute Gasteiger partial charge is 0.394 e. The van der Waals surface area contributed by atoms with Crippen LogP contribution in [0.2, 0.25) is 0 Å². The molecule has 0 aromatic rings. The maximum atomic E-state index is 12.5. The van der Waals surface area contributed by atoms with Gasteiger partial charge >= 0.3 is 0 Å². The minimum atomic E-state index is -0.668. The van der Waals surface area contributed by atoms with Gasteiger partial charge in [-0.2, -0.15) is 9.78 Å². The smallest absolute Gasteiger partial charge is 0.223 e. The van der Waals surface area contributed by atoms with Crippen molar-refractivity contribution in [3.8, 4) is 0 Å². The van der Waals surface area contributed by atoms with E-state index in [1.54, 1.807) is 0 Å². The predicted molar refractivity (Wildman–Crippen MR) is 97.0 cm³/mol. The fourth-order valence-corrected chi connectivity index (χ4v) is 6.59. The van der Waals surface area contributed by atoms with Gasteiger partial charge in [0.25, 0.3) is 0 Å². The predicted octanol–water partition coefficient (Wildman–Crippen LogP) is 2.89. The molecule has 152 valence electrons. The molecule has 2 N–H and O–H groups in total. The fourth-order valence-electron chi connectivity index (χ4n) is 6.59. The summed E-state index contributed by atoms with van der Waals surface area (Å²) in [6.45, 7) is 3.60. The van der Waals surface area contributed by atoms with E-state index in [1.165, 1.54) is 32.1 Å². The zero-order chi connectivity index (χ0) is 18.9. The Bertz CT molecular complexity index is 582. The molecule has 4 bridgehead atoms. The third-order valence-corrected chi connectivity index (χ3v) is 7.92. The van der Waals surface area contributed by atoms with Crippen LogP contribution in [0.5, 0.6) is 0 Å². The molecule has 6 aliphatic rings. The Morgan fingerprint density at radius 3 is 2.19 bits per heavy atom. The van der Waals surface area contributed by atoms with Crippen molar-refractivity contribution >= 4 is 5.91 Å². The van der Waals surface area contributed by atoms with Crippen molar-refractivity contribution in [2.45, 2.75) is 88.7 Å². The molecule has 2 spiro atoms. The summed E-state index contributed by atoms with van der Waals surface area (Å²) < 4.78 is 6.69. The molecular formula is C21H33NO5. The van der Waals surface area contributed by atoms with Crippen molar-refractivity contribution in [1.29, 1.82) is 0 Å². The summed E-state index contributed by atoms with van der Waals surface area (Å²) in [6, 6.07) is 0. The number of hydrogen-bond donors (Lipinski definition) is 2. The van der Waals surface area contributed by atoms with Gasteiger partial charge in [0.2, 0.25) is 17.5 Å². The highest BCUT2D eigenvalue weighted by Gasteiger charge is 2.66. The van der Waals surface area contributed by atoms with Crippen molar-refractivity contribution in [3.05, 3.63) is 0 Å². The second-order valence-electron chi connectivity index (χ2n) is 10.5. The lowest BCUT2D eigenvalue weighted by Crippen LogP contribution is -2.59. The van der Waals surface area contributed by atoms with Crippen LogP contribution in [0.25, 0.3) is 0 Å². The van der Waals surface area contributed by atoms with Crippen molar-refractivity contribution < 1.29 is 24.4 Å². The normalized spacial score (nSPS) is 48.5. The third kappa shape index (κ3) is 2.95. The SMILES string of the molecule is CC(C)(CO)NC(=O)C1CCC2(CC1)OOC1(O2)C2CC3CC(C2)CC1C3. The van der Waals surface area contributed by atoms with Gasteiger partial charge in [-0.3, -0.25) is 4.79 Å². The van der Waals surface area contributed by atoms with Crippen LogP contribution in [0.15, 0.2) is 0 Å². The number of nitrogens with one attached hydrogen (secondary N) is 1. The van der Waals surface area contributed by atoms with E-state index in [1.807, 2.05) is 13.8 Å². The second kappa shape index (κ2) is 6.15. The van der Waals surface area contributed by atoms with Gasteiger partial charge in [-0.1, -0.05) is 0 Å². The molecule has 6 nitrogen and oxygen atoms in total. The topological polar surface area (TPSA) is 77.0 Å². The maximum absolute atomic E-state index is 12.5. The zero-order valence-electron chi connectivity index (χ0n) is 16.5. The van der Waals surface area contributed by atoms with E-state index in [0.717, 1.165) is 24.7 Å². The molecule has 6 heteroatoms. The Balaban J connectivity index is 1.23. The van der Waals surface area contributed by atoms with Crippen molar-refractivity contribution in [3.63, 3.8) is 0 Å². The number of amides is 1. The average Bonchev–Trinajstić information content (AvgIpc) is 3.00. The van der Waals surface area contributed by atoms with E-state index in [2.05, 4.69) is 5.32 Å². The van der Waals surface area contributed by atoms with Gasteiger partial charge in [0.1, 0.15) is 0 Å². The molecule has 1 aliphatic heterocycles. The second-order valence-corrected chi connectivity index (χ2v) is 10.5. The van der Waals surface area contributed by atoms with E-state index >= 15 is 0 Å². The Labute approximate surface area is 161 Å². The van der Waals surface area contributed by atoms with Crippen LogP contribution in [0, 0.1) is 29.6 Å². The average molecular weight is 379 g/mol. The van der Waals surface area contributed by atoms with Crippen LogP contribution >= 0.6 is 0 Å². The summed E-state index contributed by atoms with van der Waals surface area (Å²) in [5, 5.41) is 12.3. The lowest BCUT2D eigenvalue weighted by Gasteiger charge is -2.57. The minimum absolute atomic E-state index is 0.0205. The van der Waals surface area contributed by atoms with Crippen molar-refractivity contribution in [1.82, 2.24) is 5.32 Å². The zero-order valence-corrected chi connectivity index (χ0v) is 16.5. The molecular weight excluding hydrogens is 346 g/mol. The lowest BCUT2D eigenvalue weighted by atomic mass is 9.53. The van der Waals surface area contributed by atoms with Gasteiger partial charge in [-0.05, 0) is 70.6 Å². The number of ether oxygens (including phenoxy) is 1. The molecule has 1 amide bonds.